The zero-order valence-electron chi connectivity index (χ0n) is 18.9. The molecule has 5 rings (SSSR count). The highest BCUT2D eigenvalue weighted by atomic mass is 19.3. The Morgan fingerprint density at radius 1 is 1.14 bits per heavy atom. The molecule has 2 heterocycles. The predicted molar refractivity (Wildman–Crippen MR) is 121 cm³/mol. The number of carbonyl (C=O) groups is 1. The number of hydrogen-bond donors (Lipinski definition) is 3. The number of amides is 1. The zero-order valence-corrected chi connectivity index (χ0v) is 18.9. The highest BCUT2D eigenvalue weighted by Crippen LogP contribution is 2.40. The maximum Gasteiger partial charge on any atom is 0.252 e. The lowest BCUT2D eigenvalue weighted by atomic mass is 9.85. The van der Waals surface area contributed by atoms with Gasteiger partial charge in [-0.15, -0.1) is 0 Å². The van der Waals surface area contributed by atoms with Gasteiger partial charge < -0.3 is 16.4 Å². The molecule has 13 heteroatoms. The second-order valence-corrected chi connectivity index (χ2v) is 9.27. The van der Waals surface area contributed by atoms with Crippen molar-refractivity contribution in [3.8, 4) is 6.07 Å². The number of aromatic nitrogens is 4. The number of halogens is 4. The molecule has 188 valence electrons. The van der Waals surface area contributed by atoms with Crippen LogP contribution in [0, 0.1) is 28.9 Å². The van der Waals surface area contributed by atoms with Crippen LogP contribution in [0.5, 0.6) is 0 Å². The average Bonchev–Trinajstić information content (AvgIpc) is 3.17. The van der Waals surface area contributed by atoms with E-state index in [1.807, 2.05) is 0 Å². The van der Waals surface area contributed by atoms with Gasteiger partial charge in [0.15, 0.2) is 17.3 Å². The lowest BCUT2D eigenvalue weighted by Crippen LogP contribution is -2.44. The number of primary amides is 1. The van der Waals surface area contributed by atoms with Crippen LogP contribution in [0.4, 0.5) is 35.1 Å². The van der Waals surface area contributed by atoms with Crippen molar-refractivity contribution in [2.75, 3.05) is 10.6 Å². The molecule has 2 saturated carbocycles. The van der Waals surface area contributed by atoms with Crippen LogP contribution < -0.4 is 16.4 Å². The van der Waals surface area contributed by atoms with Crippen molar-refractivity contribution in [1.29, 1.82) is 5.26 Å². The average molecular weight is 502 g/mol. The van der Waals surface area contributed by atoms with Gasteiger partial charge in [-0.3, -0.25) is 9.36 Å². The van der Waals surface area contributed by atoms with Crippen LogP contribution in [0.3, 0.4) is 0 Å². The van der Waals surface area contributed by atoms with E-state index in [0.717, 1.165) is 12.1 Å². The molecule has 2 fully saturated rings. The Morgan fingerprint density at radius 2 is 1.81 bits per heavy atom. The molecule has 0 unspecified atom stereocenters. The van der Waals surface area contributed by atoms with Gasteiger partial charge >= 0.3 is 0 Å². The fourth-order valence-corrected chi connectivity index (χ4v) is 4.83. The van der Waals surface area contributed by atoms with Crippen LogP contribution >= 0.6 is 0 Å². The van der Waals surface area contributed by atoms with Crippen molar-refractivity contribution in [1.82, 2.24) is 19.5 Å². The summed E-state index contributed by atoms with van der Waals surface area (Å²) in [7, 11) is 0. The molecule has 0 bridgehead atoms. The zero-order chi connectivity index (χ0) is 25.6. The molecular weight excluding hydrogens is 480 g/mol. The monoisotopic (exact) mass is 502 g/mol. The molecule has 2 aromatic heterocycles. The smallest absolute Gasteiger partial charge is 0.252 e. The van der Waals surface area contributed by atoms with E-state index in [2.05, 4.69) is 25.6 Å². The van der Waals surface area contributed by atoms with Crippen molar-refractivity contribution in [2.45, 2.75) is 56.5 Å². The molecule has 2 aliphatic rings. The predicted octanol–water partition coefficient (Wildman–Crippen LogP) is 4.15. The van der Waals surface area contributed by atoms with Crippen LogP contribution in [0.1, 0.15) is 50.1 Å². The second kappa shape index (κ2) is 8.92. The third-order valence-corrected chi connectivity index (χ3v) is 6.73. The topological polar surface area (TPSA) is 135 Å². The first kappa shape index (κ1) is 23.8. The minimum absolute atomic E-state index is 0.0941. The highest BCUT2D eigenvalue weighted by Gasteiger charge is 2.45. The minimum atomic E-state index is -2.71. The van der Waals surface area contributed by atoms with E-state index in [0.29, 0.717) is 36.8 Å². The standard InChI is InChI=1S/C23H22F4N8O/c24-15-5-11(9-28)6-16(25)18(15)33-22-32-17-10-30-21(31-13-7-23(26,27)8-13)34-20(17)35(22)14-3-1-12(2-4-14)19(29)36/h5-6,10,12-14H,1-4,7-8H2,(H2,29,36)(H,32,33)(H,30,31,34)/t12-,14+. The van der Waals surface area contributed by atoms with Gasteiger partial charge in [0.05, 0.1) is 17.8 Å². The largest absolute Gasteiger partial charge is 0.369 e. The number of nitrogens with two attached hydrogens (primary N) is 1. The van der Waals surface area contributed by atoms with Gasteiger partial charge in [0.1, 0.15) is 11.2 Å². The number of nitrogens with one attached hydrogen (secondary N) is 2. The molecule has 1 amide bonds. The van der Waals surface area contributed by atoms with Gasteiger partial charge in [-0.1, -0.05) is 0 Å². The third kappa shape index (κ3) is 4.50. The Kier molecular flexibility index (Phi) is 5.89. The molecule has 9 nitrogen and oxygen atoms in total. The van der Waals surface area contributed by atoms with Gasteiger partial charge in [-0.25, -0.2) is 27.5 Å². The molecule has 3 aromatic rings. The number of fused-ring (bicyclic) bond motifs is 1. The molecule has 2 aliphatic carbocycles. The summed E-state index contributed by atoms with van der Waals surface area (Å²) in [5, 5.41) is 14.5. The third-order valence-electron chi connectivity index (χ3n) is 6.73. The summed E-state index contributed by atoms with van der Waals surface area (Å²) in [5.74, 6) is -5.07. The quantitative estimate of drug-likeness (QED) is 0.431. The first-order valence-corrected chi connectivity index (χ1v) is 11.5. The van der Waals surface area contributed by atoms with E-state index < -0.39 is 29.3 Å². The van der Waals surface area contributed by atoms with Crippen molar-refractivity contribution < 1.29 is 22.4 Å². The van der Waals surface area contributed by atoms with E-state index in [1.165, 1.54) is 6.20 Å². The summed E-state index contributed by atoms with van der Waals surface area (Å²) >= 11 is 0. The minimum Gasteiger partial charge on any atom is -0.369 e. The van der Waals surface area contributed by atoms with Crippen LogP contribution in [-0.2, 0) is 4.79 Å². The summed E-state index contributed by atoms with van der Waals surface area (Å²) in [6.45, 7) is 0. The summed E-state index contributed by atoms with van der Waals surface area (Å²) in [6, 6.07) is 2.81. The van der Waals surface area contributed by atoms with Gasteiger partial charge in [0, 0.05) is 30.8 Å². The van der Waals surface area contributed by atoms with E-state index in [4.69, 9.17) is 11.0 Å². The van der Waals surface area contributed by atoms with Gasteiger partial charge in [-0.2, -0.15) is 10.2 Å². The molecule has 36 heavy (non-hydrogen) atoms. The van der Waals surface area contributed by atoms with Crippen molar-refractivity contribution >= 4 is 34.7 Å². The number of alkyl halides is 2. The van der Waals surface area contributed by atoms with E-state index >= 15 is 0 Å². The van der Waals surface area contributed by atoms with Crippen molar-refractivity contribution in [2.24, 2.45) is 11.7 Å². The Hall–Kier alpha value is -3.95. The summed E-state index contributed by atoms with van der Waals surface area (Å²) in [4.78, 5) is 24.7. The molecule has 0 aliphatic heterocycles. The SMILES string of the molecule is N#Cc1cc(F)c(Nc2nc3cnc(NC4CC(F)(F)C4)nc3n2[C@H]2CC[C@@H](C(N)=O)CC2)c(F)c1. The number of nitriles is 1. The molecular formula is C23H22F4N8O. The summed E-state index contributed by atoms with van der Waals surface area (Å²) < 4.78 is 57.4. The molecule has 0 radical (unpaired) electrons. The maximum atomic E-state index is 14.6. The van der Waals surface area contributed by atoms with Crippen molar-refractivity contribution in [3.63, 3.8) is 0 Å². The van der Waals surface area contributed by atoms with E-state index in [-0.39, 0.29) is 48.2 Å². The van der Waals surface area contributed by atoms with Crippen LogP contribution in [0.15, 0.2) is 18.3 Å². The number of imidazole rings is 1. The number of rotatable bonds is 6. The lowest BCUT2D eigenvalue weighted by molar-refractivity contribution is -0.122. The lowest BCUT2D eigenvalue weighted by Gasteiger charge is -2.35. The van der Waals surface area contributed by atoms with Crippen LogP contribution in [0.2, 0.25) is 0 Å². The summed E-state index contributed by atoms with van der Waals surface area (Å²) in [6.07, 6.45) is 2.87. The first-order chi connectivity index (χ1) is 17.1. The first-order valence-electron chi connectivity index (χ1n) is 11.5. The van der Waals surface area contributed by atoms with Crippen LogP contribution in [-0.4, -0.2) is 37.4 Å². The normalized spacial score (nSPS) is 21.5. The highest BCUT2D eigenvalue weighted by molar-refractivity contribution is 5.78. The molecule has 4 N–H and O–H groups in total. The van der Waals surface area contributed by atoms with E-state index in [9.17, 15) is 22.4 Å². The number of benzene rings is 1. The molecule has 0 spiro atoms. The van der Waals surface area contributed by atoms with Gasteiger partial charge in [-0.05, 0) is 37.8 Å². The Bertz CT molecular complexity index is 1350. The van der Waals surface area contributed by atoms with Crippen molar-refractivity contribution in [3.05, 3.63) is 35.5 Å². The Balaban J connectivity index is 1.52. The fraction of sp³-hybridized carbons (Fsp3) is 0.435. The molecule has 0 saturated heterocycles. The molecule has 0 atom stereocenters. The number of hydrogen-bond acceptors (Lipinski definition) is 7. The summed E-state index contributed by atoms with van der Waals surface area (Å²) in [5.41, 5.74) is 5.47. The number of carbonyl (C=O) groups excluding carboxylic acids is 1. The second-order valence-electron chi connectivity index (χ2n) is 9.27. The van der Waals surface area contributed by atoms with Gasteiger partial charge in [0.25, 0.3) is 5.92 Å². The Morgan fingerprint density at radius 3 is 2.39 bits per heavy atom. The number of anilines is 3. The Labute approximate surface area is 202 Å². The number of nitrogens with zero attached hydrogens (tertiary/aromatic N) is 5. The van der Waals surface area contributed by atoms with Crippen LogP contribution in [0.25, 0.3) is 11.2 Å². The molecule has 1 aromatic carbocycles. The van der Waals surface area contributed by atoms with Gasteiger partial charge in [0.2, 0.25) is 17.8 Å². The maximum absolute atomic E-state index is 14.6. The van der Waals surface area contributed by atoms with E-state index in [1.54, 1.807) is 10.6 Å². The fourth-order valence-electron chi connectivity index (χ4n) is 4.83.